The van der Waals surface area contributed by atoms with Crippen LogP contribution in [0.25, 0.3) is 10.9 Å². The van der Waals surface area contributed by atoms with Crippen molar-refractivity contribution in [3.05, 3.63) is 35.3 Å². The quantitative estimate of drug-likeness (QED) is 0.840. The number of carbonyl (C=O) groups is 1. The highest BCUT2D eigenvalue weighted by molar-refractivity contribution is 6.10. The first-order valence-electron chi connectivity index (χ1n) is 7.19. The van der Waals surface area contributed by atoms with Crippen molar-refractivity contribution in [3.63, 3.8) is 0 Å². The van der Waals surface area contributed by atoms with E-state index in [0.29, 0.717) is 23.7 Å². The van der Waals surface area contributed by atoms with Gasteiger partial charge in [-0.3, -0.25) is 4.79 Å². The molecule has 2 N–H and O–H groups in total. The fourth-order valence-electron chi connectivity index (χ4n) is 3.12. The van der Waals surface area contributed by atoms with Gasteiger partial charge in [-0.05, 0) is 38.0 Å². The minimum Gasteiger partial charge on any atom is -0.358 e. The van der Waals surface area contributed by atoms with Crippen LogP contribution in [0.5, 0.6) is 0 Å². The first-order valence-corrected chi connectivity index (χ1v) is 7.19. The van der Waals surface area contributed by atoms with Crippen molar-refractivity contribution in [2.75, 3.05) is 6.54 Å². The number of ketones is 1. The van der Waals surface area contributed by atoms with Gasteiger partial charge >= 0.3 is 0 Å². The fourth-order valence-corrected chi connectivity index (χ4v) is 3.12. The maximum atomic E-state index is 13.2. The molecule has 3 nitrogen and oxygen atoms in total. The smallest absolute Gasteiger partial charge is 0.179 e. The minimum absolute atomic E-state index is 0.0762. The molecule has 1 aliphatic rings. The zero-order chi connectivity index (χ0) is 14.1. The maximum absolute atomic E-state index is 13.2. The molecule has 2 aromatic rings. The Morgan fingerprint density at radius 2 is 2.15 bits per heavy atom. The van der Waals surface area contributed by atoms with E-state index in [1.807, 2.05) is 6.92 Å². The summed E-state index contributed by atoms with van der Waals surface area (Å²) < 4.78 is 13.2. The standard InChI is InChI=1S/C16H19FN2O/c1-10-16(13-7-6-11(17)8-14(13)19-10)15(20)9-18-12-4-2-3-5-12/h6-8,12,18-19H,2-5,9H2,1H3. The SMILES string of the molecule is Cc1[nH]c2cc(F)ccc2c1C(=O)CNC1CCCC1. The van der Waals surface area contributed by atoms with E-state index in [-0.39, 0.29) is 11.6 Å². The number of carbonyl (C=O) groups excluding carboxylic acids is 1. The number of aromatic nitrogens is 1. The van der Waals surface area contributed by atoms with Crippen LogP contribution in [0.3, 0.4) is 0 Å². The Balaban J connectivity index is 1.81. The molecule has 20 heavy (non-hydrogen) atoms. The summed E-state index contributed by atoms with van der Waals surface area (Å²) in [5, 5.41) is 4.14. The molecule has 106 valence electrons. The number of hydrogen-bond acceptors (Lipinski definition) is 2. The Morgan fingerprint density at radius 3 is 2.90 bits per heavy atom. The first-order chi connectivity index (χ1) is 9.65. The predicted molar refractivity (Wildman–Crippen MR) is 77.6 cm³/mol. The molecule has 0 aliphatic heterocycles. The molecule has 0 radical (unpaired) electrons. The van der Waals surface area contributed by atoms with E-state index in [9.17, 15) is 9.18 Å². The highest BCUT2D eigenvalue weighted by Gasteiger charge is 2.19. The lowest BCUT2D eigenvalue weighted by molar-refractivity contribution is 0.0988. The summed E-state index contributed by atoms with van der Waals surface area (Å²) in [4.78, 5) is 15.5. The molecule has 1 heterocycles. The number of benzene rings is 1. The zero-order valence-electron chi connectivity index (χ0n) is 11.6. The highest BCUT2D eigenvalue weighted by atomic mass is 19.1. The van der Waals surface area contributed by atoms with E-state index < -0.39 is 0 Å². The summed E-state index contributed by atoms with van der Waals surface area (Å²) in [6.07, 6.45) is 4.81. The topological polar surface area (TPSA) is 44.9 Å². The lowest BCUT2D eigenvalue weighted by atomic mass is 10.1. The Hall–Kier alpha value is -1.68. The highest BCUT2D eigenvalue weighted by Crippen LogP contribution is 2.23. The van der Waals surface area contributed by atoms with Gasteiger partial charge in [0.2, 0.25) is 0 Å². The van der Waals surface area contributed by atoms with E-state index in [4.69, 9.17) is 0 Å². The van der Waals surface area contributed by atoms with Crippen molar-refractivity contribution in [1.29, 1.82) is 0 Å². The summed E-state index contributed by atoms with van der Waals surface area (Å²) in [6.45, 7) is 2.22. The third-order valence-electron chi connectivity index (χ3n) is 4.13. The average molecular weight is 274 g/mol. The lowest BCUT2D eigenvalue weighted by Crippen LogP contribution is -2.31. The first kappa shape index (κ1) is 13.3. The van der Waals surface area contributed by atoms with Crippen molar-refractivity contribution in [3.8, 4) is 0 Å². The number of Topliss-reactive ketones (excluding diaryl/α,β-unsaturated/α-hetero) is 1. The molecule has 0 bridgehead atoms. The van der Waals surface area contributed by atoms with Gasteiger partial charge < -0.3 is 10.3 Å². The Morgan fingerprint density at radius 1 is 1.40 bits per heavy atom. The predicted octanol–water partition coefficient (Wildman–Crippen LogP) is 3.33. The number of fused-ring (bicyclic) bond motifs is 1. The van der Waals surface area contributed by atoms with Gasteiger partial charge in [0.1, 0.15) is 5.82 Å². The molecular weight excluding hydrogens is 255 g/mol. The molecule has 1 aromatic carbocycles. The van der Waals surface area contributed by atoms with Crippen LogP contribution < -0.4 is 5.32 Å². The van der Waals surface area contributed by atoms with Gasteiger partial charge in [0, 0.05) is 28.2 Å². The maximum Gasteiger partial charge on any atom is 0.179 e. The van der Waals surface area contributed by atoms with E-state index in [1.54, 1.807) is 6.07 Å². The van der Waals surface area contributed by atoms with Crippen molar-refractivity contribution in [2.24, 2.45) is 0 Å². The molecular formula is C16H19FN2O. The summed E-state index contributed by atoms with van der Waals surface area (Å²) in [5.41, 5.74) is 2.18. The molecule has 3 rings (SSSR count). The van der Waals surface area contributed by atoms with Crippen LogP contribution >= 0.6 is 0 Å². The van der Waals surface area contributed by atoms with Crippen molar-refractivity contribution < 1.29 is 9.18 Å². The van der Waals surface area contributed by atoms with Crippen LogP contribution in [0.15, 0.2) is 18.2 Å². The molecule has 1 saturated carbocycles. The van der Waals surface area contributed by atoms with Crippen molar-refractivity contribution in [1.82, 2.24) is 10.3 Å². The third-order valence-corrected chi connectivity index (χ3v) is 4.13. The summed E-state index contributed by atoms with van der Waals surface area (Å²) in [5.74, 6) is -0.214. The lowest BCUT2D eigenvalue weighted by Gasteiger charge is -2.10. The van der Waals surface area contributed by atoms with Crippen molar-refractivity contribution in [2.45, 2.75) is 38.6 Å². The monoisotopic (exact) mass is 274 g/mol. The van der Waals surface area contributed by atoms with Gasteiger partial charge in [0.05, 0.1) is 6.54 Å². The second-order valence-corrected chi connectivity index (χ2v) is 5.60. The van der Waals surface area contributed by atoms with Crippen LogP contribution in [0.1, 0.15) is 41.7 Å². The summed E-state index contributed by atoms with van der Waals surface area (Å²) >= 11 is 0. The van der Waals surface area contributed by atoms with Gasteiger partial charge in [-0.25, -0.2) is 4.39 Å². The summed E-state index contributed by atoms with van der Waals surface area (Å²) in [6, 6.07) is 4.99. The van der Waals surface area contributed by atoms with Gasteiger partial charge in [-0.1, -0.05) is 12.8 Å². The molecule has 0 saturated heterocycles. The Bertz CT molecular complexity index is 641. The molecule has 0 spiro atoms. The number of hydrogen-bond donors (Lipinski definition) is 2. The average Bonchev–Trinajstić information content (AvgIpc) is 3.02. The Labute approximate surface area is 117 Å². The van der Waals surface area contributed by atoms with E-state index >= 15 is 0 Å². The molecule has 1 aliphatic carbocycles. The molecule has 1 aromatic heterocycles. The third kappa shape index (κ3) is 2.48. The molecule has 0 amide bonds. The number of nitrogens with one attached hydrogen (secondary N) is 2. The second kappa shape index (κ2) is 5.37. The number of aromatic amines is 1. The molecule has 0 atom stereocenters. The zero-order valence-corrected chi connectivity index (χ0v) is 11.6. The van der Waals surface area contributed by atoms with Gasteiger partial charge in [-0.15, -0.1) is 0 Å². The van der Waals surface area contributed by atoms with Crippen LogP contribution in [-0.4, -0.2) is 23.4 Å². The molecule has 0 unspecified atom stereocenters. The minimum atomic E-state index is -0.290. The number of halogens is 1. The number of rotatable bonds is 4. The normalized spacial score (nSPS) is 16.1. The van der Waals surface area contributed by atoms with Gasteiger partial charge in [-0.2, -0.15) is 0 Å². The molecule has 4 heteroatoms. The van der Waals surface area contributed by atoms with Crippen LogP contribution in [0.2, 0.25) is 0 Å². The van der Waals surface area contributed by atoms with Crippen LogP contribution in [-0.2, 0) is 0 Å². The van der Waals surface area contributed by atoms with Gasteiger partial charge in [0.25, 0.3) is 0 Å². The van der Waals surface area contributed by atoms with Crippen molar-refractivity contribution >= 4 is 16.7 Å². The van der Waals surface area contributed by atoms with E-state index in [0.717, 1.165) is 23.9 Å². The second-order valence-electron chi connectivity index (χ2n) is 5.60. The Kier molecular flexibility index (Phi) is 3.57. The van der Waals surface area contributed by atoms with Gasteiger partial charge in [0.15, 0.2) is 5.78 Å². The largest absolute Gasteiger partial charge is 0.358 e. The van der Waals surface area contributed by atoms with E-state index in [1.165, 1.54) is 25.0 Å². The fraction of sp³-hybridized carbons (Fsp3) is 0.438. The number of H-pyrrole nitrogens is 1. The molecule has 1 fully saturated rings. The van der Waals surface area contributed by atoms with Crippen LogP contribution in [0, 0.1) is 12.7 Å². The van der Waals surface area contributed by atoms with Crippen LogP contribution in [0.4, 0.5) is 4.39 Å². The summed E-state index contributed by atoms with van der Waals surface area (Å²) in [7, 11) is 0. The number of aryl methyl sites for hydroxylation is 1. The van der Waals surface area contributed by atoms with E-state index in [2.05, 4.69) is 10.3 Å².